The van der Waals surface area contributed by atoms with Crippen LogP contribution in [0.5, 0.6) is 11.5 Å². The van der Waals surface area contributed by atoms with Crippen LogP contribution in [0, 0.1) is 5.82 Å². The number of hydrogen-bond donors (Lipinski definition) is 0. The van der Waals surface area contributed by atoms with E-state index in [9.17, 15) is 14.0 Å². The van der Waals surface area contributed by atoms with Crippen molar-refractivity contribution in [3.05, 3.63) is 65.1 Å². The molecule has 0 aliphatic carbocycles. The fourth-order valence-corrected chi connectivity index (χ4v) is 3.18. The highest BCUT2D eigenvalue weighted by Gasteiger charge is 2.36. The second-order valence-electron chi connectivity index (χ2n) is 6.66. The minimum Gasteiger partial charge on any atom is -0.493 e. The van der Waals surface area contributed by atoms with Gasteiger partial charge in [0, 0.05) is 7.05 Å². The molecule has 0 aromatic heterocycles. The minimum absolute atomic E-state index is 0.173. The largest absolute Gasteiger partial charge is 0.493 e. The Balaban J connectivity index is 1.84. The molecule has 3 rings (SSSR count). The van der Waals surface area contributed by atoms with Gasteiger partial charge in [0.25, 0.3) is 5.91 Å². The monoisotopic (exact) mass is 444 g/mol. The molecule has 31 heavy (non-hydrogen) atoms. The molecule has 0 unspecified atom stereocenters. The number of thiocarbonyl (C=S) groups is 1. The van der Waals surface area contributed by atoms with Crippen molar-refractivity contribution in [1.82, 2.24) is 9.80 Å². The number of halogens is 1. The number of carbonyl (C=O) groups excluding carboxylic acids is 2. The lowest BCUT2D eigenvalue weighted by atomic mass is 10.1. The summed E-state index contributed by atoms with van der Waals surface area (Å²) in [6.45, 7) is 0.0643. The quantitative estimate of drug-likeness (QED) is 0.369. The molecule has 2 aromatic carbocycles. The van der Waals surface area contributed by atoms with E-state index in [-0.39, 0.29) is 35.7 Å². The Morgan fingerprint density at radius 1 is 1.13 bits per heavy atom. The van der Waals surface area contributed by atoms with Crippen molar-refractivity contribution < 1.29 is 28.2 Å². The highest BCUT2D eigenvalue weighted by atomic mass is 32.1. The Morgan fingerprint density at radius 3 is 2.48 bits per heavy atom. The fraction of sp³-hybridized carbons (Fsp3) is 0.227. The van der Waals surface area contributed by atoms with Crippen LogP contribution < -0.4 is 9.47 Å². The number of nitrogens with zero attached hydrogens (tertiary/aromatic N) is 2. The van der Waals surface area contributed by atoms with Gasteiger partial charge in [-0.1, -0.05) is 18.2 Å². The Labute approximate surface area is 184 Å². The summed E-state index contributed by atoms with van der Waals surface area (Å²) in [5.74, 6) is -0.210. The Hall–Kier alpha value is -3.46. The first-order valence-electron chi connectivity index (χ1n) is 9.27. The number of carbonyl (C=O) groups is 2. The third-order valence-electron chi connectivity index (χ3n) is 4.65. The van der Waals surface area contributed by atoms with Gasteiger partial charge < -0.3 is 19.1 Å². The molecule has 0 N–H and O–H groups in total. The molecule has 0 radical (unpaired) electrons. The first kappa shape index (κ1) is 22.2. The third-order valence-corrected chi connectivity index (χ3v) is 5.14. The summed E-state index contributed by atoms with van der Waals surface area (Å²) in [4.78, 5) is 27.1. The van der Waals surface area contributed by atoms with E-state index in [4.69, 9.17) is 26.4 Å². The summed E-state index contributed by atoms with van der Waals surface area (Å²) in [6, 6.07) is 11.2. The molecule has 7 nitrogen and oxygen atoms in total. The van der Waals surface area contributed by atoms with Gasteiger partial charge in [-0.05, 0) is 53.7 Å². The predicted molar refractivity (Wildman–Crippen MR) is 116 cm³/mol. The van der Waals surface area contributed by atoms with Crippen LogP contribution in [0.4, 0.5) is 4.39 Å². The average molecular weight is 444 g/mol. The molecule has 1 heterocycles. The van der Waals surface area contributed by atoms with Crippen molar-refractivity contribution in [2.45, 2.75) is 6.61 Å². The Morgan fingerprint density at radius 2 is 1.84 bits per heavy atom. The third kappa shape index (κ3) is 5.00. The summed E-state index contributed by atoms with van der Waals surface area (Å²) in [7, 11) is 4.32. The molecule has 0 spiro atoms. The van der Waals surface area contributed by atoms with Crippen molar-refractivity contribution in [2.24, 2.45) is 0 Å². The minimum atomic E-state index is -0.515. The highest BCUT2D eigenvalue weighted by Crippen LogP contribution is 2.31. The van der Waals surface area contributed by atoms with Gasteiger partial charge in [0.2, 0.25) is 0 Å². The summed E-state index contributed by atoms with van der Waals surface area (Å²) in [5, 5.41) is 0.216. The fourth-order valence-electron chi connectivity index (χ4n) is 2.94. The van der Waals surface area contributed by atoms with Crippen molar-refractivity contribution >= 4 is 35.3 Å². The zero-order valence-corrected chi connectivity index (χ0v) is 18.1. The number of ether oxygens (including phenoxy) is 3. The molecule has 1 aliphatic rings. The number of esters is 1. The van der Waals surface area contributed by atoms with E-state index in [0.717, 1.165) is 5.56 Å². The van der Waals surface area contributed by atoms with E-state index in [1.165, 1.54) is 36.2 Å². The number of rotatable bonds is 7. The van der Waals surface area contributed by atoms with Gasteiger partial charge in [-0.25, -0.2) is 4.39 Å². The maximum Gasteiger partial charge on any atom is 0.325 e. The van der Waals surface area contributed by atoms with Crippen LogP contribution in [0.15, 0.2) is 48.2 Å². The number of hydrogen-bond acceptors (Lipinski definition) is 6. The molecule has 1 fully saturated rings. The summed E-state index contributed by atoms with van der Waals surface area (Å²) in [6.07, 6.45) is 1.62. The van der Waals surface area contributed by atoms with E-state index in [1.807, 2.05) is 0 Å². The van der Waals surface area contributed by atoms with E-state index in [1.54, 1.807) is 43.5 Å². The lowest BCUT2D eigenvalue weighted by Gasteiger charge is -2.17. The first-order valence-corrected chi connectivity index (χ1v) is 9.68. The molecule has 1 saturated heterocycles. The van der Waals surface area contributed by atoms with Crippen molar-refractivity contribution in [2.75, 3.05) is 27.8 Å². The normalized spacial score (nSPS) is 14.9. The predicted octanol–water partition coefficient (Wildman–Crippen LogP) is 2.99. The van der Waals surface area contributed by atoms with E-state index >= 15 is 0 Å². The molecule has 1 aliphatic heterocycles. The summed E-state index contributed by atoms with van der Waals surface area (Å²) >= 11 is 5.27. The van der Waals surface area contributed by atoms with E-state index < -0.39 is 5.97 Å². The average Bonchev–Trinajstić information content (AvgIpc) is 2.97. The molecule has 2 aromatic rings. The number of benzene rings is 2. The Bertz CT molecular complexity index is 1040. The molecule has 0 saturated carbocycles. The van der Waals surface area contributed by atoms with Crippen LogP contribution >= 0.6 is 12.2 Å². The van der Waals surface area contributed by atoms with Gasteiger partial charge in [0.1, 0.15) is 24.7 Å². The van der Waals surface area contributed by atoms with Crippen molar-refractivity contribution in [3.63, 3.8) is 0 Å². The topological polar surface area (TPSA) is 68.3 Å². The van der Waals surface area contributed by atoms with Crippen molar-refractivity contribution in [1.29, 1.82) is 0 Å². The lowest BCUT2D eigenvalue weighted by molar-refractivity contribution is -0.140. The lowest BCUT2D eigenvalue weighted by Crippen LogP contribution is -2.33. The van der Waals surface area contributed by atoms with E-state index in [2.05, 4.69) is 0 Å². The van der Waals surface area contributed by atoms with Gasteiger partial charge in [0.15, 0.2) is 16.6 Å². The van der Waals surface area contributed by atoms with Gasteiger partial charge in [-0.15, -0.1) is 0 Å². The van der Waals surface area contributed by atoms with Crippen LogP contribution in [0.3, 0.4) is 0 Å². The van der Waals surface area contributed by atoms with Gasteiger partial charge in [-0.3, -0.25) is 14.5 Å². The first-order chi connectivity index (χ1) is 14.8. The smallest absolute Gasteiger partial charge is 0.325 e. The molecule has 0 atom stereocenters. The van der Waals surface area contributed by atoms with Crippen LogP contribution in [-0.4, -0.2) is 54.6 Å². The standard InChI is InChI=1S/C22H21FN2O5S/c1-24-21(27)17(25(22(24)31)12-20(26)29-3)10-15-6-9-18(19(11-15)28-2)30-13-14-4-7-16(23)8-5-14/h4-11H,12-13H2,1-3H3/b17-10-. The molecule has 1 amide bonds. The molecule has 9 heteroatoms. The second kappa shape index (κ2) is 9.57. The zero-order valence-electron chi connectivity index (χ0n) is 17.3. The molecule has 162 valence electrons. The van der Waals surface area contributed by atoms with Gasteiger partial charge in [0.05, 0.1) is 14.2 Å². The summed E-state index contributed by atoms with van der Waals surface area (Å²) in [5.41, 5.74) is 1.71. The van der Waals surface area contributed by atoms with E-state index in [0.29, 0.717) is 17.1 Å². The summed E-state index contributed by atoms with van der Waals surface area (Å²) < 4.78 is 28.9. The van der Waals surface area contributed by atoms with Gasteiger partial charge >= 0.3 is 5.97 Å². The zero-order chi connectivity index (χ0) is 22.5. The maximum atomic E-state index is 13.0. The number of methoxy groups -OCH3 is 2. The van der Waals surface area contributed by atoms with Crippen molar-refractivity contribution in [3.8, 4) is 11.5 Å². The number of likely N-dealkylation sites (N-methyl/N-ethyl adjacent to an activating group) is 1. The van der Waals surface area contributed by atoms with Crippen LogP contribution in [-0.2, 0) is 20.9 Å². The highest BCUT2D eigenvalue weighted by molar-refractivity contribution is 7.80. The molecular weight excluding hydrogens is 423 g/mol. The van der Waals surface area contributed by atoms with Crippen LogP contribution in [0.25, 0.3) is 6.08 Å². The van der Waals surface area contributed by atoms with Crippen LogP contribution in [0.2, 0.25) is 0 Å². The SMILES string of the molecule is COC(=O)CN1C(=S)N(C)C(=O)/C1=C/c1ccc(OCc2ccc(F)cc2)c(OC)c1. The maximum absolute atomic E-state index is 13.0. The number of amides is 1. The van der Waals surface area contributed by atoms with Crippen LogP contribution in [0.1, 0.15) is 11.1 Å². The molecular formula is C22H21FN2O5S. The van der Waals surface area contributed by atoms with Gasteiger partial charge in [-0.2, -0.15) is 0 Å². The Kier molecular flexibility index (Phi) is 6.86. The second-order valence-corrected chi connectivity index (χ2v) is 7.03. The molecule has 0 bridgehead atoms.